The van der Waals surface area contributed by atoms with E-state index >= 15 is 0 Å². The van der Waals surface area contributed by atoms with E-state index in [4.69, 9.17) is 5.11 Å². The summed E-state index contributed by atoms with van der Waals surface area (Å²) in [5.41, 5.74) is 2.78. The van der Waals surface area contributed by atoms with Gasteiger partial charge in [-0.3, -0.25) is 4.98 Å². The SMILES string of the molecule is C/C(=C\C(=O)O)c1ccc(-c2cnc3ccccc3c2)s1. The first-order valence-electron chi connectivity index (χ1n) is 6.50. The molecule has 0 atom stereocenters. The first kappa shape index (κ1) is 13.5. The van der Waals surface area contributed by atoms with Crippen molar-refractivity contribution in [2.75, 3.05) is 0 Å². The van der Waals surface area contributed by atoms with E-state index in [0.717, 1.165) is 31.8 Å². The Balaban J connectivity index is 2.00. The van der Waals surface area contributed by atoms with Crippen molar-refractivity contribution < 1.29 is 9.90 Å². The lowest BCUT2D eigenvalue weighted by molar-refractivity contribution is -0.131. The van der Waals surface area contributed by atoms with Gasteiger partial charge in [0, 0.05) is 33.0 Å². The predicted molar refractivity (Wildman–Crippen MR) is 86.3 cm³/mol. The molecule has 1 N–H and O–H groups in total. The molecule has 3 rings (SSSR count). The second-order valence-electron chi connectivity index (χ2n) is 4.75. The van der Waals surface area contributed by atoms with E-state index in [1.807, 2.05) is 49.5 Å². The molecule has 104 valence electrons. The van der Waals surface area contributed by atoms with Gasteiger partial charge in [-0.2, -0.15) is 0 Å². The Morgan fingerprint density at radius 3 is 2.86 bits per heavy atom. The minimum Gasteiger partial charge on any atom is -0.478 e. The number of allylic oxidation sites excluding steroid dienone is 1. The fourth-order valence-corrected chi connectivity index (χ4v) is 3.13. The zero-order valence-corrected chi connectivity index (χ0v) is 12.2. The minimum absolute atomic E-state index is 0.757. The number of carboxylic acids is 1. The van der Waals surface area contributed by atoms with Crippen LogP contribution in [0.15, 0.2) is 54.7 Å². The number of rotatable bonds is 3. The van der Waals surface area contributed by atoms with Gasteiger partial charge in [0.2, 0.25) is 0 Å². The number of aliphatic carboxylic acids is 1. The molecule has 0 aliphatic carbocycles. The standard InChI is InChI=1S/C17H13NO2S/c1-11(8-17(19)20)15-6-7-16(21-15)13-9-12-4-2-3-5-14(12)18-10-13/h2-10H,1H3,(H,19,20)/b11-8+. The van der Waals surface area contributed by atoms with Gasteiger partial charge in [-0.25, -0.2) is 4.79 Å². The number of carboxylic acid groups (broad SMARTS) is 1. The van der Waals surface area contributed by atoms with Gasteiger partial charge in [0.05, 0.1) is 5.52 Å². The number of aromatic nitrogens is 1. The van der Waals surface area contributed by atoms with Crippen LogP contribution in [-0.4, -0.2) is 16.1 Å². The molecule has 0 bridgehead atoms. The van der Waals surface area contributed by atoms with Crippen molar-refractivity contribution in [3.63, 3.8) is 0 Å². The Morgan fingerprint density at radius 1 is 1.24 bits per heavy atom. The molecular weight excluding hydrogens is 282 g/mol. The van der Waals surface area contributed by atoms with Gasteiger partial charge in [-0.05, 0) is 36.8 Å². The zero-order chi connectivity index (χ0) is 14.8. The summed E-state index contributed by atoms with van der Waals surface area (Å²) in [6.45, 7) is 1.81. The summed E-state index contributed by atoms with van der Waals surface area (Å²) in [4.78, 5) is 17.2. The van der Waals surface area contributed by atoms with Gasteiger partial charge in [0.1, 0.15) is 0 Å². The van der Waals surface area contributed by atoms with Gasteiger partial charge >= 0.3 is 5.97 Å². The summed E-state index contributed by atoms with van der Waals surface area (Å²) < 4.78 is 0. The van der Waals surface area contributed by atoms with Gasteiger partial charge in [0.15, 0.2) is 0 Å². The van der Waals surface area contributed by atoms with Crippen molar-refractivity contribution in [3.8, 4) is 10.4 Å². The lowest BCUT2D eigenvalue weighted by Crippen LogP contribution is -1.88. The maximum atomic E-state index is 10.7. The van der Waals surface area contributed by atoms with Crippen molar-refractivity contribution >= 4 is 33.8 Å². The van der Waals surface area contributed by atoms with Crippen molar-refractivity contribution in [1.29, 1.82) is 0 Å². The molecule has 4 heteroatoms. The minimum atomic E-state index is -0.921. The topological polar surface area (TPSA) is 50.2 Å². The highest BCUT2D eigenvalue weighted by Gasteiger charge is 2.06. The summed E-state index contributed by atoms with van der Waals surface area (Å²) in [6.07, 6.45) is 3.09. The molecule has 3 nitrogen and oxygen atoms in total. The number of pyridine rings is 1. The Kier molecular flexibility index (Phi) is 3.54. The molecule has 2 heterocycles. The molecule has 2 aromatic heterocycles. The number of nitrogens with zero attached hydrogens (tertiary/aromatic N) is 1. The van der Waals surface area contributed by atoms with Crippen molar-refractivity contribution in [3.05, 3.63) is 59.6 Å². The summed E-state index contributed by atoms with van der Waals surface area (Å²) in [6, 6.07) is 14.0. The molecule has 0 unspecified atom stereocenters. The third-order valence-electron chi connectivity index (χ3n) is 3.21. The normalized spacial score (nSPS) is 11.8. The highest BCUT2D eigenvalue weighted by Crippen LogP contribution is 2.32. The third-order valence-corrected chi connectivity index (χ3v) is 4.48. The predicted octanol–water partition coefficient (Wildman–Crippen LogP) is 4.45. The van der Waals surface area contributed by atoms with E-state index in [2.05, 4.69) is 11.1 Å². The van der Waals surface area contributed by atoms with Crippen LogP contribution < -0.4 is 0 Å². The number of hydrogen-bond acceptors (Lipinski definition) is 3. The molecule has 0 saturated carbocycles. The molecule has 0 aliphatic rings. The van der Waals surface area contributed by atoms with Crippen LogP contribution in [0.1, 0.15) is 11.8 Å². The van der Waals surface area contributed by atoms with Crippen molar-refractivity contribution in [2.24, 2.45) is 0 Å². The summed E-state index contributed by atoms with van der Waals surface area (Å²) in [5.74, 6) is -0.921. The van der Waals surface area contributed by atoms with E-state index in [1.54, 1.807) is 11.3 Å². The van der Waals surface area contributed by atoms with Crippen LogP contribution in [0.4, 0.5) is 0 Å². The monoisotopic (exact) mass is 295 g/mol. The molecule has 3 aromatic rings. The Hall–Kier alpha value is -2.46. The average Bonchev–Trinajstić information content (AvgIpc) is 2.96. The Morgan fingerprint density at radius 2 is 2.05 bits per heavy atom. The number of hydrogen-bond donors (Lipinski definition) is 1. The van der Waals surface area contributed by atoms with Crippen LogP contribution >= 0.6 is 11.3 Å². The number of fused-ring (bicyclic) bond motifs is 1. The zero-order valence-electron chi connectivity index (χ0n) is 11.4. The first-order chi connectivity index (χ1) is 10.1. The van der Waals surface area contributed by atoms with Crippen LogP contribution in [0, 0.1) is 0 Å². The average molecular weight is 295 g/mol. The second kappa shape index (κ2) is 5.50. The quantitative estimate of drug-likeness (QED) is 0.726. The van der Waals surface area contributed by atoms with Gasteiger partial charge < -0.3 is 5.11 Å². The van der Waals surface area contributed by atoms with Gasteiger partial charge in [-0.15, -0.1) is 11.3 Å². The van der Waals surface area contributed by atoms with E-state index in [-0.39, 0.29) is 0 Å². The molecule has 0 aliphatic heterocycles. The third kappa shape index (κ3) is 2.85. The van der Waals surface area contributed by atoms with Crippen LogP contribution in [-0.2, 0) is 4.79 Å². The molecular formula is C17H13NO2S. The number of benzene rings is 1. The number of para-hydroxylation sites is 1. The summed E-state index contributed by atoms with van der Waals surface area (Å²) in [5, 5.41) is 9.91. The molecule has 0 spiro atoms. The van der Waals surface area contributed by atoms with Gasteiger partial charge in [0.25, 0.3) is 0 Å². The molecule has 0 amide bonds. The lowest BCUT2D eigenvalue weighted by Gasteiger charge is -2.00. The smallest absolute Gasteiger partial charge is 0.328 e. The molecule has 0 fully saturated rings. The van der Waals surface area contributed by atoms with E-state index in [1.165, 1.54) is 6.08 Å². The van der Waals surface area contributed by atoms with Crippen LogP contribution in [0.2, 0.25) is 0 Å². The molecule has 1 aromatic carbocycles. The first-order valence-corrected chi connectivity index (χ1v) is 7.32. The van der Waals surface area contributed by atoms with E-state index < -0.39 is 5.97 Å². The molecule has 0 radical (unpaired) electrons. The maximum absolute atomic E-state index is 10.7. The summed E-state index contributed by atoms with van der Waals surface area (Å²) in [7, 11) is 0. The highest BCUT2D eigenvalue weighted by atomic mass is 32.1. The van der Waals surface area contributed by atoms with E-state index in [9.17, 15) is 4.79 Å². The number of thiophene rings is 1. The fourth-order valence-electron chi connectivity index (χ4n) is 2.17. The Labute approximate surface area is 126 Å². The van der Waals surface area contributed by atoms with Crippen LogP contribution in [0.25, 0.3) is 26.9 Å². The second-order valence-corrected chi connectivity index (χ2v) is 5.83. The molecule has 21 heavy (non-hydrogen) atoms. The number of carbonyl (C=O) groups is 1. The summed E-state index contributed by atoms with van der Waals surface area (Å²) >= 11 is 1.57. The van der Waals surface area contributed by atoms with Crippen molar-refractivity contribution in [2.45, 2.75) is 6.92 Å². The van der Waals surface area contributed by atoms with Gasteiger partial charge in [-0.1, -0.05) is 18.2 Å². The fraction of sp³-hybridized carbons (Fsp3) is 0.0588. The Bertz CT molecular complexity index is 849. The lowest BCUT2D eigenvalue weighted by atomic mass is 10.1. The largest absolute Gasteiger partial charge is 0.478 e. The van der Waals surface area contributed by atoms with E-state index in [0.29, 0.717) is 0 Å². The van der Waals surface area contributed by atoms with Crippen LogP contribution in [0.3, 0.4) is 0 Å². The maximum Gasteiger partial charge on any atom is 0.328 e. The molecule has 0 saturated heterocycles. The van der Waals surface area contributed by atoms with Crippen LogP contribution in [0.5, 0.6) is 0 Å². The van der Waals surface area contributed by atoms with Crippen molar-refractivity contribution in [1.82, 2.24) is 4.98 Å². The highest BCUT2D eigenvalue weighted by molar-refractivity contribution is 7.16.